The Morgan fingerprint density at radius 1 is 1.29 bits per heavy atom. The van der Waals surface area contributed by atoms with Crippen LogP contribution in [0.15, 0.2) is 51.1 Å². The largest absolute Gasteiger partial charge is 0.348 e. The molecule has 2 aromatic carbocycles. The third kappa shape index (κ3) is 2.94. The molecule has 0 spiro atoms. The van der Waals surface area contributed by atoms with Crippen LogP contribution in [0, 0.1) is 22.5 Å². The van der Waals surface area contributed by atoms with Crippen LogP contribution in [0.1, 0.15) is 0 Å². The fraction of sp³-hybridized carbons (Fsp3) is 0.0667. The lowest BCUT2D eigenvalue weighted by Crippen LogP contribution is -2.24. The highest BCUT2D eigenvalue weighted by molar-refractivity contribution is 7.99. The van der Waals surface area contributed by atoms with E-state index in [1.807, 2.05) is 18.2 Å². The predicted molar refractivity (Wildman–Crippen MR) is 91.0 cm³/mol. The van der Waals surface area contributed by atoms with Gasteiger partial charge >= 0.3 is 0 Å². The molecule has 2 N–H and O–H groups in total. The summed E-state index contributed by atoms with van der Waals surface area (Å²) in [4.78, 5) is 11.9. The number of nitrogens with one attached hydrogen (secondary N) is 2. The molecule has 0 bridgehead atoms. The molecule has 7 nitrogen and oxygen atoms in total. The van der Waals surface area contributed by atoms with Gasteiger partial charge in [-0.1, -0.05) is 29.8 Å². The summed E-state index contributed by atoms with van der Waals surface area (Å²) >= 11 is 1.27. The molecule has 0 fully saturated rings. The smallest absolute Gasteiger partial charge is 0.295 e. The van der Waals surface area contributed by atoms with Gasteiger partial charge in [0.2, 0.25) is 10.0 Å². The summed E-state index contributed by atoms with van der Waals surface area (Å²) in [5, 5.41) is 14.4. The van der Waals surface area contributed by atoms with Crippen molar-refractivity contribution in [3.05, 3.63) is 46.5 Å². The number of nitro groups is 1. The number of nitro benzene ring substituents is 1. The monoisotopic (exact) mass is 361 g/mol. The Morgan fingerprint density at radius 3 is 2.75 bits per heavy atom. The Bertz CT molecular complexity index is 981. The van der Waals surface area contributed by atoms with E-state index in [0.717, 1.165) is 16.6 Å². The molecular formula is C15H11N3O4S2. The summed E-state index contributed by atoms with van der Waals surface area (Å²) in [6.45, 7) is -0.193. The molecule has 0 unspecified atom stereocenters. The molecule has 0 aromatic heterocycles. The van der Waals surface area contributed by atoms with Crippen LogP contribution in [0.5, 0.6) is 0 Å². The van der Waals surface area contributed by atoms with Crippen molar-refractivity contribution in [2.24, 2.45) is 0 Å². The highest BCUT2D eigenvalue weighted by Crippen LogP contribution is 2.48. The molecule has 0 atom stereocenters. The lowest BCUT2D eigenvalue weighted by molar-refractivity contribution is -0.384. The Balaban J connectivity index is 2.13. The fourth-order valence-corrected chi connectivity index (χ4v) is 4.32. The minimum atomic E-state index is -3.93. The summed E-state index contributed by atoms with van der Waals surface area (Å²) in [7, 11) is -3.93. The second-order valence-electron chi connectivity index (χ2n) is 4.82. The van der Waals surface area contributed by atoms with E-state index in [2.05, 4.69) is 16.0 Å². The summed E-state index contributed by atoms with van der Waals surface area (Å²) in [6, 6.07) is 9.72. The number of para-hydroxylation sites is 1. The molecule has 24 heavy (non-hydrogen) atoms. The van der Waals surface area contributed by atoms with Crippen LogP contribution >= 0.6 is 11.8 Å². The number of terminal acetylenes is 1. The van der Waals surface area contributed by atoms with E-state index < -0.39 is 14.9 Å². The highest BCUT2D eigenvalue weighted by atomic mass is 32.2. The number of hydrogen-bond acceptors (Lipinski definition) is 6. The van der Waals surface area contributed by atoms with E-state index in [9.17, 15) is 18.5 Å². The van der Waals surface area contributed by atoms with E-state index in [-0.39, 0.29) is 22.8 Å². The van der Waals surface area contributed by atoms with Gasteiger partial charge in [-0.3, -0.25) is 10.1 Å². The highest BCUT2D eigenvalue weighted by Gasteiger charge is 2.28. The number of sulfonamides is 1. The van der Waals surface area contributed by atoms with Crippen molar-refractivity contribution in [3.63, 3.8) is 0 Å². The van der Waals surface area contributed by atoms with Gasteiger partial charge in [0.1, 0.15) is 5.69 Å². The number of rotatable bonds is 4. The van der Waals surface area contributed by atoms with Crippen LogP contribution in [-0.4, -0.2) is 19.9 Å². The third-order valence-corrected chi connectivity index (χ3v) is 5.79. The Kier molecular flexibility index (Phi) is 4.19. The number of hydrogen-bond donors (Lipinski definition) is 2. The van der Waals surface area contributed by atoms with E-state index in [4.69, 9.17) is 6.42 Å². The lowest BCUT2D eigenvalue weighted by Gasteiger charge is -2.21. The lowest BCUT2D eigenvalue weighted by atomic mass is 10.2. The minimum absolute atomic E-state index is 0.193. The molecule has 1 heterocycles. The van der Waals surface area contributed by atoms with Gasteiger partial charge in [-0.15, -0.1) is 6.42 Å². The second kappa shape index (κ2) is 6.16. The SMILES string of the molecule is C#CCNS(=O)(=O)c1cc2c(c([N+](=O)[O-])c1)Nc1ccccc1S2. The van der Waals surface area contributed by atoms with E-state index in [1.165, 1.54) is 17.8 Å². The van der Waals surface area contributed by atoms with Crippen molar-refractivity contribution >= 4 is 38.8 Å². The van der Waals surface area contributed by atoms with Gasteiger partial charge in [-0.05, 0) is 18.2 Å². The van der Waals surface area contributed by atoms with Gasteiger partial charge in [0, 0.05) is 15.9 Å². The zero-order valence-corrected chi connectivity index (χ0v) is 13.8. The van der Waals surface area contributed by atoms with Crippen LogP contribution in [0.2, 0.25) is 0 Å². The molecule has 2 aromatic rings. The molecule has 0 saturated heterocycles. The first kappa shape index (κ1) is 16.3. The predicted octanol–water partition coefficient (Wildman–Crippen LogP) is 2.71. The van der Waals surface area contributed by atoms with Gasteiger partial charge in [-0.2, -0.15) is 4.72 Å². The maximum atomic E-state index is 12.2. The quantitative estimate of drug-likeness (QED) is 0.421. The first-order valence-electron chi connectivity index (χ1n) is 6.72. The molecule has 0 saturated carbocycles. The van der Waals surface area contributed by atoms with Crippen LogP contribution < -0.4 is 10.0 Å². The Morgan fingerprint density at radius 2 is 2.04 bits per heavy atom. The third-order valence-electron chi connectivity index (χ3n) is 3.29. The second-order valence-corrected chi connectivity index (χ2v) is 7.68. The summed E-state index contributed by atoms with van der Waals surface area (Å²) in [6.07, 6.45) is 5.06. The van der Waals surface area contributed by atoms with E-state index in [0.29, 0.717) is 4.90 Å². The van der Waals surface area contributed by atoms with Crippen molar-refractivity contribution < 1.29 is 13.3 Å². The van der Waals surface area contributed by atoms with Crippen molar-refractivity contribution in [2.45, 2.75) is 14.7 Å². The molecule has 0 amide bonds. The molecule has 0 radical (unpaired) electrons. The standard InChI is InChI=1S/C15H11N3O4S2/c1-2-7-16-24(21,22)10-8-12(18(19)20)15-14(9-10)23-13-6-4-3-5-11(13)17-15/h1,3-6,8-9,16-17H,7H2. The van der Waals surface area contributed by atoms with Crippen molar-refractivity contribution in [1.29, 1.82) is 0 Å². The number of fused-ring (bicyclic) bond motifs is 2. The van der Waals surface area contributed by atoms with Gasteiger partial charge < -0.3 is 5.32 Å². The van der Waals surface area contributed by atoms with Gasteiger partial charge in [-0.25, -0.2) is 8.42 Å². The number of nitrogens with zero attached hydrogens (tertiary/aromatic N) is 1. The van der Waals surface area contributed by atoms with Crippen molar-refractivity contribution in [3.8, 4) is 12.3 Å². The molecule has 0 aliphatic carbocycles. The normalized spacial score (nSPS) is 12.5. The minimum Gasteiger partial charge on any atom is -0.348 e. The molecule has 1 aliphatic rings. The average molecular weight is 361 g/mol. The topological polar surface area (TPSA) is 101 Å². The van der Waals surface area contributed by atoms with Crippen molar-refractivity contribution in [2.75, 3.05) is 11.9 Å². The molecule has 3 rings (SSSR count). The molecular weight excluding hydrogens is 350 g/mol. The van der Waals surface area contributed by atoms with Gasteiger partial charge in [0.25, 0.3) is 5.69 Å². The first-order chi connectivity index (χ1) is 11.4. The zero-order chi connectivity index (χ0) is 17.3. The zero-order valence-electron chi connectivity index (χ0n) is 12.1. The molecule has 9 heteroatoms. The number of anilines is 2. The summed E-state index contributed by atoms with van der Waals surface area (Å²) in [5.74, 6) is 2.16. The summed E-state index contributed by atoms with van der Waals surface area (Å²) < 4.78 is 26.7. The Hall–Kier alpha value is -2.54. The first-order valence-corrected chi connectivity index (χ1v) is 9.02. The van der Waals surface area contributed by atoms with Crippen LogP contribution in [0.3, 0.4) is 0 Å². The van der Waals surface area contributed by atoms with Gasteiger partial charge in [0.15, 0.2) is 0 Å². The van der Waals surface area contributed by atoms with E-state index in [1.54, 1.807) is 6.07 Å². The Labute approximate surface area is 142 Å². The van der Waals surface area contributed by atoms with Crippen LogP contribution in [0.25, 0.3) is 0 Å². The maximum Gasteiger partial charge on any atom is 0.295 e. The maximum absolute atomic E-state index is 12.2. The molecule has 122 valence electrons. The van der Waals surface area contributed by atoms with Crippen LogP contribution in [-0.2, 0) is 10.0 Å². The van der Waals surface area contributed by atoms with Crippen molar-refractivity contribution in [1.82, 2.24) is 4.72 Å². The van der Waals surface area contributed by atoms with E-state index >= 15 is 0 Å². The fourth-order valence-electron chi connectivity index (χ4n) is 2.21. The summed E-state index contributed by atoms with van der Waals surface area (Å²) in [5.41, 5.74) is 0.703. The average Bonchev–Trinajstić information content (AvgIpc) is 2.57. The van der Waals surface area contributed by atoms with Crippen LogP contribution in [0.4, 0.5) is 17.1 Å². The van der Waals surface area contributed by atoms with Gasteiger partial charge in [0.05, 0.1) is 22.1 Å². The molecule has 1 aliphatic heterocycles. The number of benzene rings is 2.